The lowest BCUT2D eigenvalue weighted by Crippen LogP contribution is -2.43. The highest BCUT2D eigenvalue weighted by atomic mass is 32.2. The van der Waals surface area contributed by atoms with Crippen molar-refractivity contribution in [1.82, 2.24) is 14.4 Å². The fraction of sp³-hybridized carbons (Fsp3) is 0.435. The molecule has 33 heavy (non-hydrogen) atoms. The van der Waals surface area contributed by atoms with Crippen LogP contribution in [-0.4, -0.2) is 41.9 Å². The number of piperidine rings is 1. The van der Waals surface area contributed by atoms with Gasteiger partial charge in [0.2, 0.25) is 17.6 Å². The number of nitrogens with zero attached hydrogens (tertiary/aromatic N) is 3. The topological polar surface area (TPSA) is 105 Å². The molecule has 3 heterocycles. The molecule has 0 bridgehead atoms. The first-order valence-electron chi connectivity index (χ1n) is 11.1. The molecule has 1 aromatic carbocycles. The predicted molar refractivity (Wildman–Crippen MR) is 128 cm³/mol. The number of nitrogens with one attached hydrogen (secondary N) is 1. The van der Waals surface area contributed by atoms with Crippen LogP contribution in [0.2, 0.25) is 0 Å². The fourth-order valence-electron chi connectivity index (χ4n) is 3.78. The van der Waals surface area contributed by atoms with Crippen LogP contribution in [0.15, 0.2) is 44.4 Å². The summed E-state index contributed by atoms with van der Waals surface area (Å²) >= 11 is 1.13. The van der Waals surface area contributed by atoms with E-state index in [0.717, 1.165) is 17.0 Å². The number of carbonyl (C=O) groups excluding carboxylic acids is 1. The SMILES string of the molecule is CCc1nc(-c2csc(S(=O)(=O)N3CCCC(C(=O)Nc4ccc(C(C)C)cc4)C3)c2)no1. The summed E-state index contributed by atoms with van der Waals surface area (Å²) in [5.74, 6) is 0.742. The minimum Gasteiger partial charge on any atom is -0.339 e. The van der Waals surface area contributed by atoms with Crippen molar-refractivity contribution in [3.63, 3.8) is 0 Å². The molecular formula is C23H28N4O4S2. The highest BCUT2D eigenvalue weighted by Crippen LogP contribution is 2.31. The molecule has 1 atom stereocenters. The lowest BCUT2D eigenvalue weighted by atomic mass is 9.98. The second-order valence-electron chi connectivity index (χ2n) is 8.49. The van der Waals surface area contributed by atoms with Crippen molar-refractivity contribution in [2.24, 2.45) is 5.92 Å². The molecular weight excluding hydrogens is 460 g/mol. The summed E-state index contributed by atoms with van der Waals surface area (Å²) in [5, 5.41) is 8.57. The monoisotopic (exact) mass is 488 g/mol. The van der Waals surface area contributed by atoms with E-state index in [1.54, 1.807) is 11.4 Å². The Balaban J connectivity index is 1.44. The number of benzene rings is 1. The standard InChI is InChI=1S/C23H28N4O4S2/c1-4-20-25-22(26-31-20)18-12-21(32-14-18)33(29,30)27-11-5-6-17(13-27)23(28)24-19-9-7-16(8-10-19)15(2)3/h7-10,12,14-15,17H,4-6,11,13H2,1-3H3,(H,24,28). The van der Waals surface area contributed by atoms with E-state index in [0.29, 0.717) is 49.0 Å². The van der Waals surface area contributed by atoms with Gasteiger partial charge in [0, 0.05) is 36.1 Å². The van der Waals surface area contributed by atoms with Crippen LogP contribution in [0.25, 0.3) is 11.4 Å². The van der Waals surface area contributed by atoms with Gasteiger partial charge in [0.25, 0.3) is 10.0 Å². The van der Waals surface area contributed by atoms with E-state index in [1.165, 1.54) is 9.87 Å². The van der Waals surface area contributed by atoms with Crippen LogP contribution < -0.4 is 5.32 Å². The normalized spacial score (nSPS) is 17.4. The Morgan fingerprint density at radius 3 is 2.73 bits per heavy atom. The summed E-state index contributed by atoms with van der Waals surface area (Å²) < 4.78 is 33.3. The molecule has 8 nitrogen and oxygen atoms in total. The number of anilines is 1. The molecule has 1 N–H and O–H groups in total. The van der Waals surface area contributed by atoms with Crippen LogP contribution >= 0.6 is 11.3 Å². The van der Waals surface area contributed by atoms with Gasteiger partial charge in [-0.15, -0.1) is 11.3 Å². The summed E-state index contributed by atoms with van der Waals surface area (Å²) in [7, 11) is -3.72. The molecule has 4 rings (SSSR count). The molecule has 0 spiro atoms. The van der Waals surface area contributed by atoms with Gasteiger partial charge in [0.1, 0.15) is 4.21 Å². The third-order valence-electron chi connectivity index (χ3n) is 5.80. The maximum absolute atomic E-state index is 13.3. The van der Waals surface area contributed by atoms with E-state index in [9.17, 15) is 13.2 Å². The van der Waals surface area contributed by atoms with Crippen molar-refractivity contribution >= 4 is 33.0 Å². The number of hydrogen-bond acceptors (Lipinski definition) is 7. The first-order chi connectivity index (χ1) is 15.8. The lowest BCUT2D eigenvalue weighted by molar-refractivity contribution is -0.120. The van der Waals surface area contributed by atoms with Crippen LogP contribution in [-0.2, 0) is 21.2 Å². The highest BCUT2D eigenvalue weighted by molar-refractivity contribution is 7.91. The number of carbonyl (C=O) groups is 1. The predicted octanol–water partition coefficient (Wildman–Crippen LogP) is 4.52. The number of amides is 1. The Morgan fingerprint density at radius 1 is 1.30 bits per heavy atom. The van der Waals surface area contributed by atoms with Crippen molar-refractivity contribution in [3.8, 4) is 11.4 Å². The zero-order valence-corrected chi connectivity index (χ0v) is 20.6. The number of rotatable bonds is 7. The summed E-state index contributed by atoms with van der Waals surface area (Å²) in [6.45, 7) is 6.69. The van der Waals surface area contributed by atoms with Gasteiger partial charge < -0.3 is 9.84 Å². The van der Waals surface area contributed by atoms with Crippen LogP contribution in [0.5, 0.6) is 0 Å². The van der Waals surface area contributed by atoms with E-state index >= 15 is 0 Å². The van der Waals surface area contributed by atoms with Crippen molar-refractivity contribution in [3.05, 3.63) is 47.2 Å². The molecule has 176 valence electrons. The number of aromatic nitrogens is 2. The molecule has 1 unspecified atom stereocenters. The molecule has 1 saturated heterocycles. The molecule has 0 saturated carbocycles. The third kappa shape index (κ3) is 5.18. The second kappa shape index (κ2) is 9.74. The Morgan fingerprint density at radius 2 is 2.06 bits per heavy atom. The largest absolute Gasteiger partial charge is 0.339 e. The molecule has 1 aliphatic rings. The maximum Gasteiger partial charge on any atom is 0.252 e. The number of aryl methyl sites for hydroxylation is 1. The molecule has 1 aliphatic heterocycles. The van der Waals surface area contributed by atoms with Crippen LogP contribution in [0.4, 0.5) is 5.69 Å². The van der Waals surface area contributed by atoms with E-state index in [2.05, 4.69) is 29.3 Å². The Labute approximate surface area is 198 Å². The van der Waals surface area contributed by atoms with Gasteiger partial charge in [-0.3, -0.25) is 4.79 Å². The Kier molecular flexibility index (Phi) is 6.96. The number of hydrogen-bond donors (Lipinski definition) is 1. The lowest BCUT2D eigenvalue weighted by Gasteiger charge is -2.30. The van der Waals surface area contributed by atoms with Gasteiger partial charge in [0.15, 0.2) is 0 Å². The van der Waals surface area contributed by atoms with E-state index < -0.39 is 15.9 Å². The molecule has 1 fully saturated rings. The third-order valence-corrected chi connectivity index (χ3v) is 9.08. The minimum absolute atomic E-state index is 0.155. The van der Waals surface area contributed by atoms with Gasteiger partial charge in [-0.1, -0.05) is 38.1 Å². The molecule has 3 aromatic rings. The number of sulfonamides is 1. The Hall–Kier alpha value is -2.56. The Bertz CT molecular complexity index is 1220. The zero-order chi connectivity index (χ0) is 23.6. The van der Waals surface area contributed by atoms with Gasteiger partial charge in [0.05, 0.1) is 5.92 Å². The maximum atomic E-state index is 13.3. The summed E-state index contributed by atoms with van der Waals surface area (Å²) in [4.78, 5) is 17.1. The van der Waals surface area contributed by atoms with Crippen LogP contribution in [0.1, 0.15) is 51.0 Å². The van der Waals surface area contributed by atoms with Crippen molar-refractivity contribution in [1.29, 1.82) is 0 Å². The zero-order valence-electron chi connectivity index (χ0n) is 18.9. The summed E-state index contributed by atoms with van der Waals surface area (Å²) in [5.41, 5.74) is 2.53. The second-order valence-corrected chi connectivity index (χ2v) is 11.6. The molecule has 0 aliphatic carbocycles. The molecule has 10 heteroatoms. The van der Waals surface area contributed by atoms with Crippen molar-refractivity contribution in [2.75, 3.05) is 18.4 Å². The highest BCUT2D eigenvalue weighted by Gasteiger charge is 2.34. The van der Waals surface area contributed by atoms with Crippen molar-refractivity contribution < 1.29 is 17.7 Å². The van der Waals surface area contributed by atoms with Gasteiger partial charge >= 0.3 is 0 Å². The van der Waals surface area contributed by atoms with E-state index in [4.69, 9.17) is 4.52 Å². The molecule has 0 radical (unpaired) electrons. The van der Waals surface area contributed by atoms with Gasteiger partial charge in [-0.2, -0.15) is 9.29 Å². The van der Waals surface area contributed by atoms with Gasteiger partial charge in [-0.05, 0) is 42.5 Å². The quantitative estimate of drug-likeness (QED) is 0.524. The van der Waals surface area contributed by atoms with Crippen LogP contribution in [0, 0.1) is 5.92 Å². The summed E-state index contributed by atoms with van der Waals surface area (Å²) in [6, 6.07) is 9.35. The summed E-state index contributed by atoms with van der Waals surface area (Å²) in [6.07, 6.45) is 1.90. The molecule has 2 aromatic heterocycles. The fourth-order valence-corrected chi connectivity index (χ4v) is 6.62. The van der Waals surface area contributed by atoms with Crippen LogP contribution in [0.3, 0.4) is 0 Å². The average molecular weight is 489 g/mol. The van der Waals surface area contributed by atoms with E-state index in [-0.39, 0.29) is 16.7 Å². The van der Waals surface area contributed by atoms with Gasteiger partial charge in [-0.25, -0.2) is 8.42 Å². The molecule has 1 amide bonds. The number of thiophene rings is 1. The average Bonchev–Trinajstić information content (AvgIpc) is 3.49. The van der Waals surface area contributed by atoms with E-state index in [1.807, 2.05) is 31.2 Å². The minimum atomic E-state index is -3.72. The smallest absolute Gasteiger partial charge is 0.252 e. The first kappa shape index (κ1) is 23.6. The first-order valence-corrected chi connectivity index (χ1v) is 13.4. The van der Waals surface area contributed by atoms with Crippen molar-refractivity contribution in [2.45, 2.75) is 50.2 Å².